The summed E-state index contributed by atoms with van der Waals surface area (Å²) in [5.41, 5.74) is 2.25. The Labute approximate surface area is 139 Å². The van der Waals surface area contributed by atoms with E-state index in [1.807, 2.05) is 38.3 Å². The van der Waals surface area contributed by atoms with Crippen molar-refractivity contribution in [3.63, 3.8) is 0 Å². The van der Waals surface area contributed by atoms with Crippen molar-refractivity contribution in [2.24, 2.45) is 5.92 Å². The van der Waals surface area contributed by atoms with Crippen molar-refractivity contribution in [2.75, 3.05) is 0 Å². The van der Waals surface area contributed by atoms with Gasteiger partial charge in [-0.05, 0) is 31.4 Å². The topological polar surface area (TPSA) is 79.3 Å². The largest absolute Gasteiger partial charge is 0.480 e. The van der Waals surface area contributed by atoms with E-state index in [0.717, 1.165) is 16.3 Å². The van der Waals surface area contributed by atoms with Crippen molar-refractivity contribution in [1.82, 2.24) is 10.3 Å². The molecule has 2 N–H and O–H groups in total. The van der Waals surface area contributed by atoms with Crippen LogP contribution in [0.4, 0.5) is 0 Å². The Balaban J connectivity index is 2.09. The first-order valence-electron chi connectivity index (χ1n) is 7.43. The number of carbonyl (C=O) groups is 2. The molecule has 5 nitrogen and oxygen atoms in total. The van der Waals surface area contributed by atoms with Crippen molar-refractivity contribution in [3.8, 4) is 11.3 Å². The molecule has 2 aromatic rings. The lowest BCUT2D eigenvalue weighted by Crippen LogP contribution is -2.41. The molecule has 0 fully saturated rings. The highest BCUT2D eigenvalue weighted by molar-refractivity contribution is 7.09. The normalized spacial score (nSPS) is 12.2. The number of hydrogen-bond acceptors (Lipinski definition) is 4. The summed E-state index contributed by atoms with van der Waals surface area (Å²) in [4.78, 5) is 27.8. The van der Waals surface area contributed by atoms with Gasteiger partial charge in [-0.1, -0.05) is 26.0 Å². The number of aromatic nitrogens is 1. The summed E-state index contributed by atoms with van der Waals surface area (Å²) in [7, 11) is 0. The molecule has 1 heterocycles. The third-order valence-corrected chi connectivity index (χ3v) is 4.15. The smallest absolute Gasteiger partial charge is 0.326 e. The number of nitrogens with zero attached hydrogens (tertiary/aromatic N) is 1. The lowest BCUT2D eigenvalue weighted by Gasteiger charge is -2.16. The third-order valence-electron chi connectivity index (χ3n) is 3.37. The minimum absolute atomic E-state index is 0.187. The van der Waals surface area contributed by atoms with E-state index in [1.54, 1.807) is 23.5 Å². The molecule has 1 aromatic carbocycles. The molecule has 1 unspecified atom stereocenters. The summed E-state index contributed by atoms with van der Waals surface area (Å²) >= 11 is 1.57. The molecule has 0 aliphatic heterocycles. The van der Waals surface area contributed by atoms with E-state index in [4.69, 9.17) is 0 Å². The summed E-state index contributed by atoms with van der Waals surface area (Å²) in [6, 6.07) is 6.15. The molecule has 1 atom stereocenters. The minimum atomic E-state index is -1.01. The number of benzene rings is 1. The molecule has 0 bridgehead atoms. The molecule has 0 radical (unpaired) electrons. The van der Waals surface area contributed by atoms with Gasteiger partial charge in [-0.15, -0.1) is 11.3 Å². The molecule has 1 amide bonds. The summed E-state index contributed by atoms with van der Waals surface area (Å²) in [6.45, 7) is 5.79. The van der Waals surface area contributed by atoms with E-state index in [0.29, 0.717) is 12.0 Å². The molecule has 6 heteroatoms. The molecular formula is C17H20N2O3S. The van der Waals surface area contributed by atoms with Crippen LogP contribution in [0.15, 0.2) is 29.6 Å². The van der Waals surface area contributed by atoms with Gasteiger partial charge in [0.1, 0.15) is 6.04 Å². The maximum absolute atomic E-state index is 12.2. The number of aryl methyl sites for hydroxylation is 1. The van der Waals surface area contributed by atoms with E-state index >= 15 is 0 Å². The minimum Gasteiger partial charge on any atom is -0.480 e. The van der Waals surface area contributed by atoms with Gasteiger partial charge >= 0.3 is 5.97 Å². The van der Waals surface area contributed by atoms with E-state index in [2.05, 4.69) is 10.3 Å². The van der Waals surface area contributed by atoms with Gasteiger partial charge < -0.3 is 10.4 Å². The molecule has 0 saturated carbocycles. The summed E-state index contributed by atoms with van der Waals surface area (Å²) in [5, 5.41) is 14.7. The predicted molar refractivity (Wildman–Crippen MR) is 90.6 cm³/mol. The van der Waals surface area contributed by atoms with Gasteiger partial charge in [0.25, 0.3) is 5.91 Å². The number of amides is 1. The molecule has 1 aromatic heterocycles. The zero-order valence-corrected chi connectivity index (χ0v) is 14.2. The van der Waals surface area contributed by atoms with Gasteiger partial charge in [0.15, 0.2) is 0 Å². The van der Waals surface area contributed by atoms with Crippen LogP contribution in [0.1, 0.15) is 35.6 Å². The Morgan fingerprint density at radius 3 is 2.39 bits per heavy atom. The van der Waals surface area contributed by atoms with Gasteiger partial charge in [-0.2, -0.15) is 0 Å². The quantitative estimate of drug-likeness (QED) is 0.850. The van der Waals surface area contributed by atoms with Crippen molar-refractivity contribution in [3.05, 3.63) is 40.2 Å². The lowest BCUT2D eigenvalue weighted by molar-refractivity contribution is -0.139. The Morgan fingerprint density at radius 2 is 1.91 bits per heavy atom. The van der Waals surface area contributed by atoms with E-state index in [-0.39, 0.29) is 11.8 Å². The van der Waals surface area contributed by atoms with Crippen LogP contribution in [0.2, 0.25) is 0 Å². The number of aliphatic carboxylic acids is 1. The fourth-order valence-corrected chi connectivity index (χ4v) is 2.84. The zero-order valence-electron chi connectivity index (χ0n) is 13.4. The standard InChI is InChI=1S/C17H20N2O3S/c1-10(2)8-14(17(21)22)19-16(20)13-6-4-12(5-7-13)15-9-23-11(3)18-15/h4-7,9-10,14H,8H2,1-3H3,(H,19,20)(H,21,22). The van der Waals surface area contributed by atoms with E-state index in [1.165, 1.54) is 0 Å². The van der Waals surface area contributed by atoms with Crippen molar-refractivity contribution in [2.45, 2.75) is 33.2 Å². The molecule has 23 heavy (non-hydrogen) atoms. The first-order chi connectivity index (χ1) is 10.9. The first-order valence-corrected chi connectivity index (χ1v) is 8.31. The van der Waals surface area contributed by atoms with Gasteiger partial charge in [0.2, 0.25) is 0 Å². The van der Waals surface area contributed by atoms with Crippen molar-refractivity contribution >= 4 is 23.2 Å². The van der Waals surface area contributed by atoms with Crippen LogP contribution in [0.25, 0.3) is 11.3 Å². The fraction of sp³-hybridized carbons (Fsp3) is 0.353. The van der Waals surface area contributed by atoms with Crippen molar-refractivity contribution in [1.29, 1.82) is 0 Å². The van der Waals surface area contributed by atoms with Crippen LogP contribution in [-0.2, 0) is 4.79 Å². The zero-order chi connectivity index (χ0) is 17.0. The maximum atomic E-state index is 12.2. The molecule has 0 aliphatic carbocycles. The highest BCUT2D eigenvalue weighted by Crippen LogP contribution is 2.21. The van der Waals surface area contributed by atoms with Crippen LogP contribution in [0.3, 0.4) is 0 Å². The Hall–Kier alpha value is -2.21. The average molecular weight is 332 g/mol. The van der Waals surface area contributed by atoms with Crippen LogP contribution in [-0.4, -0.2) is 28.0 Å². The van der Waals surface area contributed by atoms with Gasteiger partial charge in [-0.25, -0.2) is 9.78 Å². The fourth-order valence-electron chi connectivity index (χ4n) is 2.22. The highest BCUT2D eigenvalue weighted by atomic mass is 32.1. The summed E-state index contributed by atoms with van der Waals surface area (Å²) in [5.74, 6) is -1.20. The number of nitrogens with one attached hydrogen (secondary N) is 1. The number of rotatable bonds is 6. The third kappa shape index (κ3) is 4.63. The molecule has 2 rings (SSSR count). The highest BCUT2D eigenvalue weighted by Gasteiger charge is 2.21. The second kappa shape index (κ2) is 7.37. The van der Waals surface area contributed by atoms with Crippen LogP contribution in [0, 0.1) is 12.8 Å². The molecule has 0 saturated heterocycles. The summed E-state index contributed by atoms with van der Waals surface area (Å²) < 4.78 is 0. The van der Waals surface area contributed by atoms with E-state index in [9.17, 15) is 14.7 Å². The number of carbonyl (C=O) groups excluding carboxylic acids is 1. The summed E-state index contributed by atoms with van der Waals surface area (Å²) in [6.07, 6.45) is 0.400. The van der Waals surface area contributed by atoms with Crippen LogP contribution in [0.5, 0.6) is 0 Å². The van der Waals surface area contributed by atoms with Gasteiger partial charge in [0, 0.05) is 16.5 Å². The second-order valence-corrected chi connectivity index (χ2v) is 6.89. The lowest BCUT2D eigenvalue weighted by atomic mass is 10.0. The van der Waals surface area contributed by atoms with Crippen molar-refractivity contribution < 1.29 is 14.7 Å². The van der Waals surface area contributed by atoms with Gasteiger partial charge in [0.05, 0.1) is 10.7 Å². The molecule has 122 valence electrons. The molecule has 0 spiro atoms. The average Bonchev–Trinajstić information content (AvgIpc) is 2.92. The Kier molecular flexibility index (Phi) is 5.50. The number of hydrogen-bond donors (Lipinski definition) is 2. The number of carboxylic acid groups (broad SMARTS) is 1. The predicted octanol–water partition coefficient (Wildman–Crippen LogP) is 3.35. The number of carboxylic acids is 1. The SMILES string of the molecule is Cc1nc(-c2ccc(C(=O)NC(CC(C)C)C(=O)O)cc2)cs1. The molecule has 0 aliphatic rings. The monoisotopic (exact) mass is 332 g/mol. The first kappa shape index (κ1) is 17.1. The van der Waals surface area contributed by atoms with E-state index < -0.39 is 12.0 Å². The Morgan fingerprint density at radius 1 is 1.26 bits per heavy atom. The number of thiazole rings is 1. The Bertz CT molecular complexity index is 692. The second-order valence-electron chi connectivity index (χ2n) is 5.82. The maximum Gasteiger partial charge on any atom is 0.326 e. The van der Waals surface area contributed by atoms with Crippen LogP contribution >= 0.6 is 11.3 Å². The van der Waals surface area contributed by atoms with Crippen LogP contribution < -0.4 is 5.32 Å². The van der Waals surface area contributed by atoms with Gasteiger partial charge in [-0.3, -0.25) is 4.79 Å². The molecular weight excluding hydrogens is 312 g/mol.